The summed E-state index contributed by atoms with van der Waals surface area (Å²) in [4.78, 5) is 27.2. The molecule has 2 N–H and O–H groups in total. The molecule has 0 spiro atoms. The summed E-state index contributed by atoms with van der Waals surface area (Å²) < 4.78 is 0. The molecule has 2 amide bonds. The average molecular weight is 410 g/mol. The van der Waals surface area contributed by atoms with Crippen LogP contribution in [-0.2, 0) is 4.79 Å². The first-order valence-corrected chi connectivity index (χ1v) is 10.9. The normalized spacial score (nSPS) is 27.4. The van der Waals surface area contributed by atoms with Crippen molar-refractivity contribution in [2.45, 2.75) is 44.2 Å². The molecule has 1 aromatic carbocycles. The number of nitrogens with one attached hydrogen (secondary N) is 2. The summed E-state index contributed by atoms with van der Waals surface area (Å²) in [5.41, 5.74) is 1.37. The summed E-state index contributed by atoms with van der Waals surface area (Å²) in [6, 6.07) is 7.75. The van der Waals surface area contributed by atoms with Crippen molar-refractivity contribution >= 4 is 41.7 Å². The molecule has 1 aliphatic carbocycles. The molecule has 1 aromatic rings. The van der Waals surface area contributed by atoms with Gasteiger partial charge in [-0.3, -0.25) is 9.59 Å². The quantitative estimate of drug-likeness (QED) is 0.805. The van der Waals surface area contributed by atoms with E-state index in [1.54, 1.807) is 0 Å². The van der Waals surface area contributed by atoms with Gasteiger partial charge in [0.05, 0.1) is 6.04 Å². The highest BCUT2D eigenvalue weighted by molar-refractivity contribution is 7.99. The molecule has 1 saturated carbocycles. The van der Waals surface area contributed by atoms with Crippen molar-refractivity contribution in [2.24, 2.45) is 5.92 Å². The molecular weight excluding hydrogens is 382 g/mol. The van der Waals surface area contributed by atoms with E-state index >= 15 is 0 Å². The van der Waals surface area contributed by atoms with Crippen LogP contribution in [-0.4, -0.2) is 53.4 Å². The van der Waals surface area contributed by atoms with Crippen LogP contribution in [0.25, 0.3) is 0 Å². The lowest BCUT2D eigenvalue weighted by molar-refractivity contribution is -0.117. The molecule has 2 saturated heterocycles. The number of rotatable bonds is 3. The number of carbonyl (C=O) groups is 2. The molecular formula is C20H28ClN3O2S. The first kappa shape index (κ1) is 20.5. The van der Waals surface area contributed by atoms with E-state index in [4.69, 9.17) is 0 Å². The second-order valence-corrected chi connectivity index (χ2v) is 8.81. The molecule has 3 unspecified atom stereocenters. The zero-order chi connectivity index (χ0) is 17.9. The van der Waals surface area contributed by atoms with Crippen LogP contribution in [0.3, 0.4) is 0 Å². The Morgan fingerprint density at radius 1 is 1.15 bits per heavy atom. The van der Waals surface area contributed by atoms with E-state index in [0.717, 1.165) is 31.0 Å². The number of hydrogen-bond acceptors (Lipinski definition) is 4. The van der Waals surface area contributed by atoms with Crippen LogP contribution in [0.2, 0.25) is 0 Å². The molecule has 0 aromatic heterocycles. The van der Waals surface area contributed by atoms with Crippen LogP contribution < -0.4 is 10.6 Å². The molecule has 3 fully saturated rings. The van der Waals surface area contributed by atoms with Gasteiger partial charge < -0.3 is 15.5 Å². The number of benzene rings is 1. The minimum Gasteiger partial charge on any atom is -0.337 e. The summed E-state index contributed by atoms with van der Waals surface area (Å²) in [6.07, 6.45) is 5.91. The topological polar surface area (TPSA) is 61.4 Å². The maximum Gasteiger partial charge on any atom is 0.253 e. The van der Waals surface area contributed by atoms with Gasteiger partial charge in [0.15, 0.2) is 0 Å². The first-order chi connectivity index (χ1) is 12.7. The van der Waals surface area contributed by atoms with E-state index in [1.165, 1.54) is 25.7 Å². The highest BCUT2D eigenvalue weighted by atomic mass is 35.5. The van der Waals surface area contributed by atoms with Crippen molar-refractivity contribution in [3.05, 3.63) is 29.8 Å². The van der Waals surface area contributed by atoms with Crippen molar-refractivity contribution in [2.75, 3.05) is 29.9 Å². The average Bonchev–Trinajstić information content (AvgIpc) is 3.13. The Balaban J connectivity index is 0.00000210. The smallest absolute Gasteiger partial charge is 0.253 e. The predicted molar refractivity (Wildman–Crippen MR) is 113 cm³/mol. The fourth-order valence-corrected chi connectivity index (χ4v) is 5.33. The highest BCUT2D eigenvalue weighted by Crippen LogP contribution is 2.33. The van der Waals surface area contributed by atoms with Gasteiger partial charge in [0.1, 0.15) is 0 Å². The van der Waals surface area contributed by atoms with E-state index < -0.39 is 0 Å². The second kappa shape index (κ2) is 9.30. The van der Waals surface area contributed by atoms with Gasteiger partial charge in [0, 0.05) is 41.9 Å². The van der Waals surface area contributed by atoms with Gasteiger partial charge in [-0.1, -0.05) is 18.9 Å². The SMILES string of the molecule is Cl.O=C(Nc1cccc(C(=O)N2CCSCC2)c1)C1CC2CCCCC2N1. The minimum absolute atomic E-state index is 0. The number of carbonyl (C=O) groups excluding carboxylic acids is 2. The molecule has 3 aliphatic rings. The van der Waals surface area contributed by atoms with Gasteiger partial charge in [-0.25, -0.2) is 0 Å². The number of thioether (sulfide) groups is 1. The summed E-state index contributed by atoms with van der Waals surface area (Å²) >= 11 is 1.89. The Labute approximate surface area is 171 Å². The number of hydrogen-bond donors (Lipinski definition) is 2. The summed E-state index contributed by atoms with van der Waals surface area (Å²) in [7, 11) is 0. The molecule has 7 heteroatoms. The third kappa shape index (κ3) is 4.79. The third-order valence-corrected chi connectivity index (χ3v) is 6.80. The summed E-state index contributed by atoms with van der Waals surface area (Å²) in [5, 5.41) is 6.53. The Kier molecular flexibility index (Phi) is 7.06. The van der Waals surface area contributed by atoms with Crippen molar-refractivity contribution in [3.8, 4) is 0 Å². The first-order valence-electron chi connectivity index (χ1n) is 9.75. The van der Waals surface area contributed by atoms with Crippen molar-refractivity contribution < 1.29 is 9.59 Å². The van der Waals surface area contributed by atoms with Crippen LogP contribution in [0, 0.1) is 5.92 Å². The lowest BCUT2D eigenvalue weighted by atomic mass is 9.85. The summed E-state index contributed by atoms with van der Waals surface area (Å²) in [5.74, 6) is 2.73. The van der Waals surface area contributed by atoms with E-state index in [1.807, 2.05) is 40.9 Å². The molecule has 2 heterocycles. The maximum atomic E-state index is 12.7. The highest BCUT2D eigenvalue weighted by Gasteiger charge is 2.38. The maximum absolute atomic E-state index is 12.7. The molecule has 2 aliphatic heterocycles. The zero-order valence-corrected chi connectivity index (χ0v) is 17.1. The number of fused-ring (bicyclic) bond motifs is 1. The number of anilines is 1. The van der Waals surface area contributed by atoms with Crippen LogP contribution >= 0.6 is 24.2 Å². The fraction of sp³-hybridized carbons (Fsp3) is 0.600. The van der Waals surface area contributed by atoms with Crippen LogP contribution in [0.15, 0.2) is 24.3 Å². The number of amides is 2. The van der Waals surface area contributed by atoms with Gasteiger partial charge in [-0.05, 0) is 43.4 Å². The lowest BCUT2D eigenvalue weighted by Crippen LogP contribution is -2.40. The molecule has 4 rings (SSSR count). The third-order valence-electron chi connectivity index (χ3n) is 5.85. The van der Waals surface area contributed by atoms with Gasteiger partial charge in [0.25, 0.3) is 5.91 Å². The second-order valence-electron chi connectivity index (χ2n) is 7.58. The monoisotopic (exact) mass is 409 g/mol. The van der Waals surface area contributed by atoms with E-state index in [0.29, 0.717) is 23.2 Å². The van der Waals surface area contributed by atoms with E-state index in [-0.39, 0.29) is 30.3 Å². The van der Waals surface area contributed by atoms with E-state index in [9.17, 15) is 9.59 Å². The van der Waals surface area contributed by atoms with E-state index in [2.05, 4.69) is 10.6 Å². The van der Waals surface area contributed by atoms with Crippen LogP contribution in [0.1, 0.15) is 42.5 Å². The Hall–Kier alpha value is -1.24. The molecule has 3 atom stereocenters. The van der Waals surface area contributed by atoms with Gasteiger partial charge in [-0.2, -0.15) is 11.8 Å². The largest absolute Gasteiger partial charge is 0.337 e. The molecule has 0 radical (unpaired) electrons. The van der Waals surface area contributed by atoms with Crippen LogP contribution in [0.4, 0.5) is 5.69 Å². The fourth-order valence-electron chi connectivity index (χ4n) is 4.43. The zero-order valence-electron chi connectivity index (χ0n) is 15.5. The minimum atomic E-state index is -0.110. The predicted octanol–water partition coefficient (Wildman–Crippen LogP) is 3.16. The van der Waals surface area contributed by atoms with Crippen molar-refractivity contribution in [1.82, 2.24) is 10.2 Å². The Morgan fingerprint density at radius 3 is 2.70 bits per heavy atom. The summed E-state index contributed by atoms with van der Waals surface area (Å²) in [6.45, 7) is 1.60. The number of nitrogens with zero attached hydrogens (tertiary/aromatic N) is 1. The molecule has 5 nitrogen and oxygen atoms in total. The lowest BCUT2D eigenvalue weighted by Gasteiger charge is -2.26. The van der Waals surface area contributed by atoms with Gasteiger partial charge in [-0.15, -0.1) is 12.4 Å². The number of halogens is 1. The van der Waals surface area contributed by atoms with Crippen LogP contribution in [0.5, 0.6) is 0 Å². The molecule has 27 heavy (non-hydrogen) atoms. The van der Waals surface area contributed by atoms with Crippen molar-refractivity contribution in [3.63, 3.8) is 0 Å². The van der Waals surface area contributed by atoms with Gasteiger partial charge >= 0.3 is 0 Å². The van der Waals surface area contributed by atoms with Gasteiger partial charge in [0.2, 0.25) is 5.91 Å². The van der Waals surface area contributed by atoms with Crippen molar-refractivity contribution in [1.29, 1.82) is 0 Å². The molecule has 0 bridgehead atoms. The Bertz CT molecular complexity index is 667. The Morgan fingerprint density at radius 2 is 1.93 bits per heavy atom. The standard InChI is InChI=1S/C20H27N3O2S.ClH/c24-19(18-13-14-4-1-2-7-17(14)22-18)21-16-6-3-5-15(12-16)20(25)23-8-10-26-11-9-23;/h3,5-6,12,14,17-18,22H,1-2,4,7-11,13H2,(H,21,24);1H. The molecule has 148 valence electrons.